The first-order valence-electron chi connectivity index (χ1n) is 4.54. The third kappa shape index (κ3) is 1.42. The SMILES string of the molecule is COc1ccc2c(c1)C(Cl)CC2C. The maximum Gasteiger partial charge on any atom is 0.119 e. The van der Waals surface area contributed by atoms with Crippen molar-refractivity contribution in [3.8, 4) is 5.75 Å². The minimum Gasteiger partial charge on any atom is -0.497 e. The highest BCUT2D eigenvalue weighted by molar-refractivity contribution is 6.21. The highest BCUT2D eigenvalue weighted by atomic mass is 35.5. The van der Waals surface area contributed by atoms with Crippen LogP contribution in [0.25, 0.3) is 0 Å². The van der Waals surface area contributed by atoms with E-state index in [4.69, 9.17) is 16.3 Å². The zero-order valence-corrected chi connectivity index (χ0v) is 8.64. The molecule has 1 aromatic carbocycles. The number of benzene rings is 1. The van der Waals surface area contributed by atoms with Crippen molar-refractivity contribution in [3.63, 3.8) is 0 Å². The van der Waals surface area contributed by atoms with Crippen LogP contribution in [-0.2, 0) is 0 Å². The minimum absolute atomic E-state index is 0.167. The fraction of sp³-hybridized carbons (Fsp3) is 0.455. The van der Waals surface area contributed by atoms with E-state index in [1.807, 2.05) is 6.07 Å². The zero-order chi connectivity index (χ0) is 9.42. The highest BCUT2D eigenvalue weighted by Gasteiger charge is 2.26. The van der Waals surface area contributed by atoms with Gasteiger partial charge in [-0.3, -0.25) is 0 Å². The summed E-state index contributed by atoms with van der Waals surface area (Å²) in [5.41, 5.74) is 2.62. The van der Waals surface area contributed by atoms with Crippen LogP contribution in [0.2, 0.25) is 0 Å². The van der Waals surface area contributed by atoms with Crippen molar-refractivity contribution in [1.29, 1.82) is 0 Å². The fourth-order valence-electron chi connectivity index (χ4n) is 1.96. The van der Waals surface area contributed by atoms with E-state index in [1.54, 1.807) is 7.11 Å². The molecule has 0 aliphatic heterocycles. The smallest absolute Gasteiger partial charge is 0.119 e. The Bertz CT molecular complexity index is 322. The summed E-state index contributed by atoms with van der Waals surface area (Å²) < 4.78 is 5.16. The number of halogens is 1. The Kier molecular flexibility index (Phi) is 2.20. The fourth-order valence-corrected chi connectivity index (χ4v) is 2.42. The number of fused-ring (bicyclic) bond motifs is 1. The van der Waals surface area contributed by atoms with Gasteiger partial charge in [0, 0.05) is 0 Å². The number of alkyl halides is 1. The van der Waals surface area contributed by atoms with E-state index in [-0.39, 0.29) is 5.38 Å². The molecule has 1 aliphatic carbocycles. The lowest BCUT2D eigenvalue weighted by Crippen LogP contribution is -1.88. The molecule has 0 saturated carbocycles. The van der Waals surface area contributed by atoms with Gasteiger partial charge in [0.1, 0.15) is 5.75 Å². The molecule has 0 bridgehead atoms. The van der Waals surface area contributed by atoms with Gasteiger partial charge in [0.25, 0.3) is 0 Å². The minimum atomic E-state index is 0.167. The molecule has 0 fully saturated rings. The molecule has 0 saturated heterocycles. The highest BCUT2D eigenvalue weighted by Crippen LogP contribution is 2.44. The molecule has 13 heavy (non-hydrogen) atoms. The lowest BCUT2D eigenvalue weighted by atomic mass is 10.0. The topological polar surface area (TPSA) is 9.23 Å². The Labute approximate surface area is 83.7 Å². The standard InChI is InChI=1S/C11H13ClO/c1-7-5-11(12)10-6-8(13-2)3-4-9(7)10/h3-4,6-7,11H,5H2,1-2H3. The van der Waals surface area contributed by atoms with Gasteiger partial charge in [0.2, 0.25) is 0 Å². The second-order valence-electron chi connectivity index (χ2n) is 3.60. The average Bonchev–Trinajstić information content (AvgIpc) is 2.42. The lowest BCUT2D eigenvalue weighted by Gasteiger charge is -2.06. The molecule has 0 aromatic heterocycles. The molecular weight excluding hydrogens is 184 g/mol. The monoisotopic (exact) mass is 196 g/mol. The molecule has 2 atom stereocenters. The molecule has 2 rings (SSSR count). The number of hydrogen-bond acceptors (Lipinski definition) is 1. The normalized spacial score (nSPS) is 25.8. The van der Waals surface area contributed by atoms with Crippen molar-refractivity contribution < 1.29 is 4.74 Å². The maximum absolute atomic E-state index is 6.21. The Balaban J connectivity index is 2.46. The van der Waals surface area contributed by atoms with Crippen LogP contribution in [0.15, 0.2) is 18.2 Å². The van der Waals surface area contributed by atoms with Crippen LogP contribution < -0.4 is 4.74 Å². The van der Waals surface area contributed by atoms with Crippen molar-refractivity contribution in [2.45, 2.75) is 24.6 Å². The number of rotatable bonds is 1. The van der Waals surface area contributed by atoms with Crippen LogP contribution in [0.3, 0.4) is 0 Å². The predicted octanol–water partition coefficient (Wildman–Crippen LogP) is 3.48. The van der Waals surface area contributed by atoms with Crippen molar-refractivity contribution in [2.75, 3.05) is 7.11 Å². The van der Waals surface area contributed by atoms with Gasteiger partial charge >= 0.3 is 0 Å². The first-order valence-corrected chi connectivity index (χ1v) is 4.98. The Morgan fingerprint density at radius 1 is 1.38 bits per heavy atom. The molecule has 1 nitrogen and oxygen atoms in total. The summed E-state index contributed by atoms with van der Waals surface area (Å²) >= 11 is 6.21. The van der Waals surface area contributed by atoms with Crippen LogP contribution in [0.5, 0.6) is 5.75 Å². The van der Waals surface area contributed by atoms with E-state index >= 15 is 0 Å². The zero-order valence-electron chi connectivity index (χ0n) is 7.88. The van der Waals surface area contributed by atoms with Gasteiger partial charge < -0.3 is 4.74 Å². The van der Waals surface area contributed by atoms with Gasteiger partial charge in [0.05, 0.1) is 12.5 Å². The van der Waals surface area contributed by atoms with Crippen LogP contribution in [0.4, 0.5) is 0 Å². The summed E-state index contributed by atoms with van der Waals surface area (Å²) in [4.78, 5) is 0. The summed E-state index contributed by atoms with van der Waals surface area (Å²) in [6.07, 6.45) is 1.05. The second-order valence-corrected chi connectivity index (χ2v) is 4.13. The summed E-state index contributed by atoms with van der Waals surface area (Å²) in [5, 5.41) is 0.167. The summed E-state index contributed by atoms with van der Waals surface area (Å²) in [7, 11) is 1.68. The Morgan fingerprint density at radius 2 is 2.15 bits per heavy atom. The van der Waals surface area contributed by atoms with Gasteiger partial charge in [-0.1, -0.05) is 13.0 Å². The third-order valence-electron chi connectivity index (χ3n) is 2.72. The van der Waals surface area contributed by atoms with E-state index in [1.165, 1.54) is 11.1 Å². The molecule has 70 valence electrons. The van der Waals surface area contributed by atoms with E-state index in [9.17, 15) is 0 Å². The third-order valence-corrected chi connectivity index (χ3v) is 3.14. The molecule has 1 aromatic rings. The molecule has 0 spiro atoms. The van der Waals surface area contributed by atoms with E-state index in [2.05, 4.69) is 19.1 Å². The number of ether oxygens (including phenoxy) is 1. The Morgan fingerprint density at radius 3 is 2.85 bits per heavy atom. The number of hydrogen-bond donors (Lipinski definition) is 0. The first-order chi connectivity index (χ1) is 6.22. The van der Waals surface area contributed by atoms with E-state index in [0.717, 1.165) is 12.2 Å². The maximum atomic E-state index is 6.21. The Hall–Kier alpha value is -0.690. The van der Waals surface area contributed by atoms with Crippen molar-refractivity contribution in [2.24, 2.45) is 0 Å². The van der Waals surface area contributed by atoms with Crippen molar-refractivity contribution >= 4 is 11.6 Å². The van der Waals surface area contributed by atoms with Crippen LogP contribution in [0, 0.1) is 0 Å². The van der Waals surface area contributed by atoms with Gasteiger partial charge in [-0.05, 0) is 35.6 Å². The quantitative estimate of drug-likeness (QED) is 0.625. The van der Waals surface area contributed by atoms with Crippen molar-refractivity contribution in [1.82, 2.24) is 0 Å². The lowest BCUT2D eigenvalue weighted by molar-refractivity contribution is 0.414. The van der Waals surface area contributed by atoms with Crippen LogP contribution >= 0.6 is 11.6 Å². The largest absolute Gasteiger partial charge is 0.497 e. The van der Waals surface area contributed by atoms with E-state index < -0.39 is 0 Å². The summed E-state index contributed by atoms with van der Waals surface area (Å²) in [6, 6.07) is 6.18. The first kappa shape index (κ1) is 8.89. The number of methoxy groups -OCH3 is 1. The van der Waals surface area contributed by atoms with Crippen LogP contribution in [0.1, 0.15) is 35.8 Å². The molecule has 0 heterocycles. The van der Waals surface area contributed by atoms with Gasteiger partial charge in [0.15, 0.2) is 0 Å². The molecular formula is C11H13ClO. The average molecular weight is 197 g/mol. The molecule has 0 N–H and O–H groups in total. The predicted molar refractivity (Wildman–Crippen MR) is 54.6 cm³/mol. The molecule has 1 aliphatic rings. The summed E-state index contributed by atoms with van der Waals surface area (Å²) in [6.45, 7) is 2.22. The van der Waals surface area contributed by atoms with Gasteiger partial charge in [-0.2, -0.15) is 0 Å². The summed E-state index contributed by atoms with van der Waals surface area (Å²) in [5.74, 6) is 1.49. The van der Waals surface area contributed by atoms with Gasteiger partial charge in [-0.25, -0.2) is 0 Å². The van der Waals surface area contributed by atoms with Crippen LogP contribution in [-0.4, -0.2) is 7.11 Å². The molecule has 0 amide bonds. The van der Waals surface area contributed by atoms with Crippen molar-refractivity contribution in [3.05, 3.63) is 29.3 Å². The van der Waals surface area contributed by atoms with E-state index in [0.29, 0.717) is 5.92 Å². The molecule has 2 unspecified atom stereocenters. The second kappa shape index (κ2) is 3.22. The van der Waals surface area contributed by atoms with Gasteiger partial charge in [-0.15, -0.1) is 11.6 Å². The molecule has 0 radical (unpaired) electrons. The molecule has 2 heteroatoms.